The summed E-state index contributed by atoms with van der Waals surface area (Å²) in [5, 5.41) is 4.05. The Morgan fingerprint density at radius 3 is 2.75 bits per heavy atom. The number of nitrogens with zero attached hydrogens (tertiary/aromatic N) is 2. The van der Waals surface area contributed by atoms with E-state index in [0.717, 1.165) is 16.3 Å². The van der Waals surface area contributed by atoms with E-state index in [-0.39, 0.29) is 0 Å². The zero-order valence-corrected chi connectivity index (χ0v) is 10.7. The van der Waals surface area contributed by atoms with Gasteiger partial charge in [0.05, 0.1) is 21.3 Å². The predicted octanol–water partition coefficient (Wildman–Crippen LogP) is 3.42. The first kappa shape index (κ1) is 10.2. The topological polar surface area (TPSA) is 51.8 Å². The van der Waals surface area contributed by atoms with E-state index in [1.54, 1.807) is 11.3 Å². The van der Waals surface area contributed by atoms with Crippen molar-refractivity contribution in [3.05, 3.63) is 16.1 Å². The van der Waals surface area contributed by atoms with Crippen LogP contribution in [0, 0.1) is 6.92 Å². The van der Waals surface area contributed by atoms with Crippen LogP contribution in [0.3, 0.4) is 0 Å². The lowest BCUT2D eigenvalue weighted by Gasteiger charge is -2.22. The third-order valence-corrected chi connectivity index (χ3v) is 5.04. The van der Waals surface area contributed by atoms with Gasteiger partial charge in [-0.1, -0.05) is 17.8 Å². The van der Waals surface area contributed by atoms with Crippen molar-refractivity contribution in [2.45, 2.75) is 32.1 Å². The van der Waals surface area contributed by atoms with Crippen LogP contribution in [0.25, 0.3) is 10.6 Å². The van der Waals surface area contributed by atoms with Crippen LogP contribution >= 0.6 is 22.7 Å². The minimum absolute atomic E-state index is 0.630. The molecule has 84 valence electrons. The van der Waals surface area contributed by atoms with Gasteiger partial charge in [-0.3, -0.25) is 0 Å². The second kappa shape index (κ2) is 3.82. The summed E-state index contributed by atoms with van der Waals surface area (Å²) in [7, 11) is 0. The maximum absolute atomic E-state index is 5.70. The summed E-state index contributed by atoms with van der Waals surface area (Å²) in [4.78, 5) is 10.1. The number of hydrogen-bond donors (Lipinski definition) is 1. The molecule has 0 radical (unpaired) electrons. The molecule has 2 aromatic rings. The van der Waals surface area contributed by atoms with Gasteiger partial charge in [-0.2, -0.15) is 0 Å². The largest absolute Gasteiger partial charge is 0.375 e. The third-order valence-electron chi connectivity index (χ3n) is 3.02. The fourth-order valence-corrected chi connectivity index (χ4v) is 3.74. The average Bonchev–Trinajstić information content (AvgIpc) is 2.70. The lowest BCUT2D eigenvalue weighted by molar-refractivity contribution is 0.418. The van der Waals surface area contributed by atoms with Crippen molar-refractivity contribution in [1.29, 1.82) is 0 Å². The molecule has 0 saturated heterocycles. The number of nitrogens with two attached hydrogens (primary N) is 1. The monoisotopic (exact) mass is 251 g/mol. The predicted molar refractivity (Wildman–Crippen MR) is 69.0 cm³/mol. The molecular weight excluding hydrogens is 238 g/mol. The zero-order valence-electron chi connectivity index (χ0n) is 9.06. The second-order valence-electron chi connectivity index (χ2n) is 4.17. The van der Waals surface area contributed by atoms with Crippen LogP contribution in [-0.2, 0) is 0 Å². The quantitative estimate of drug-likeness (QED) is 0.889. The number of rotatable bonds is 2. The first-order valence-corrected chi connectivity index (χ1v) is 7.12. The molecule has 3 nitrogen and oxygen atoms in total. The van der Waals surface area contributed by atoms with E-state index in [1.165, 1.54) is 35.6 Å². The van der Waals surface area contributed by atoms with E-state index in [4.69, 9.17) is 10.7 Å². The molecule has 2 heterocycles. The third kappa shape index (κ3) is 1.64. The van der Waals surface area contributed by atoms with E-state index in [2.05, 4.69) is 10.4 Å². The van der Waals surface area contributed by atoms with Crippen LogP contribution in [0.1, 0.15) is 35.9 Å². The lowest BCUT2D eigenvalue weighted by atomic mass is 9.86. The van der Waals surface area contributed by atoms with Crippen molar-refractivity contribution in [2.24, 2.45) is 0 Å². The number of hydrogen-bond acceptors (Lipinski definition) is 5. The Kier molecular flexibility index (Phi) is 2.44. The van der Waals surface area contributed by atoms with Crippen LogP contribution < -0.4 is 5.73 Å². The smallest absolute Gasteiger partial charge is 0.180 e. The van der Waals surface area contributed by atoms with Crippen LogP contribution in [0.2, 0.25) is 0 Å². The first-order valence-electron chi connectivity index (χ1n) is 5.43. The lowest BCUT2D eigenvalue weighted by Crippen LogP contribution is -2.07. The summed E-state index contributed by atoms with van der Waals surface area (Å²) < 4.78 is 0. The van der Waals surface area contributed by atoms with Crippen LogP contribution in [-0.4, -0.2) is 9.97 Å². The molecule has 0 unspecified atom stereocenters. The Hall–Kier alpha value is -0.940. The molecule has 0 bridgehead atoms. The van der Waals surface area contributed by atoms with Gasteiger partial charge in [0.15, 0.2) is 5.13 Å². The van der Waals surface area contributed by atoms with Crippen LogP contribution in [0.4, 0.5) is 5.13 Å². The minimum atomic E-state index is 0.630. The Morgan fingerprint density at radius 1 is 1.38 bits per heavy atom. The van der Waals surface area contributed by atoms with Gasteiger partial charge in [0.1, 0.15) is 0 Å². The van der Waals surface area contributed by atoms with Crippen molar-refractivity contribution in [3.8, 4) is 10.6 Å². The highest BCUT2D eigenvalue weighted by atomic mass is 32.1. The van der Waals surface area contributed by atoms with Crippen molar-refractivity contribution in [1.82, 2.24) is 9.97 Å². The molecule has 1 aliphatic carbocycles. The zero-order chi connectivity index (χ0) is 11.1. The summed E-state index contributed by atoms with van der Waals surface area (Å²) in [6.45, 7) is 1.99. The maximum Gasteiger partial charge on any atom is 0.180 e. The number of aromatic nitrogens is 2. The van der Waals surface area contributed by atoms with Crippen molar-refractivity contribution in [3.63, 3.8) is 0 Å². The van der Waals surface area contributed by atoms with Gasteiger partial charge in [0.25, 0.3) is 0 Å². The molecule has 2 aromatic heterocycles. The van der Waals surface area contributed by atoms with Crippen LogP contribution in [0.15, 0.2) is 5.38 Å². The average molecular weight is 251 g/mol. The van der Waals surface area contributed by atoms with Gasteiger partial charge < -0.3 is 5.73 Å². The van der Waals surface area contributed by atoms with Gasteiger partial charge in [0.2, 0.25) is 0 Å². The summed E-state index contributed by atoms with van der Waals surface area (Å²) in [5.74, 6) is 0.712. The summed E-state index contributed by atoms with van der Waals surface area (Å²) in [6, 6.07) is 0. The van der Waals surface area contributed by atoms with Crippen molar-refractivity contribution in [2.75, 3.05) is 5.73 Å². The van der Waals surface area contributed by atoms with Gasteiger partial charge in [0, 0.05) is 11.3 Å². The minimum Gasteiger partial charge on any atom is -0.375 e. The van der Waals surface area contributed by atoms with E-state index < -0.39 is 0 Å². The van der Waals surface area contributed by atoms with Crippen molar-refractivity contribution >= 4 is 27.8 Å². The van der Waals surface area contributed by atoms with E-state index >= 15 is 0 Å². The second-order valence-corrected chi connectivity index (χ2v) is 6.09. The Labute approximate surface area is 102 Å². The molecular formula is C11H13N3S2. The van der Waals surface area contributed by atoms with Crippen molar-refractivity contribution < 1.29 is 0 Å². The van der Waals surface area contributed by atoms with E-state index in [0.29, 0.717) is 11.0 Å². The molecule has 5 heteroatoms. The number of thiazole rings is 2. The number of anilines is 1. The summed E-state index contributed by atoms with van der Waals surface area (Å²) in [5.41, 5.74) is 7.75. The molecule has 0 atom stereocenters. The summed E-state index contributed by atoms with van der Waals surface area (Å²) >= 11 is 3.30. The molecule has 0 spiro atoms. The number of nitrogen functional groups attached to an aromatic ring is 1. The molecule has 1 aliphatic rings. The van der Waals surface area contributed by atoms with E-state index in [1.807, 2.05) is 6.92 Å². The normalized spacial score (nSPS) is 16.3. The van der Waals surface area contributed by atoms with Gasteiger partial charge in [-0.05, 0) is 19.8 Å². The fourth-order valence-electron chi connectivity index (χ4n) is 1.89. The molecule has 0 aliphatic heterocycles. The number of aryl methyl sites for hydroxylation is 1. The Bertz CT molecular complexity index is 511. The molecule has 1 fully saturated rings. The van der Waals surface area contributed by atoms with Gasteiger partial charge in [-0.15, -0.1) is 11.3 Å². The molecule has 16 heavy (non-hydrogen) atoms. The summed E-state index contributed by atoms with van der Waals surface area (Å²) in [6.07, 6.45) is 3.96. The highest BCUT2D eigenvalue weighted by Crippen LogP contribution is 2.40. The molecule has 0 aromatic carbocycles. The van der Waals surface area contributed by atoms with E-state index in [9.17, 15) is 0 Å². The van der Waals surface area contributed by atoms with Crippen LogP contribution in [0.5, 0.6) is 0 Å². The standard InChI is InChI=1S/C11H13N3S2/c1-6-9(16-11(12)13-6)8-5-15-10(14-8)7-3-2-4-7/h5,7H,2-4H2,1H3,(H2,12,13). The highest BCUT2D eigenvalue weighted by molar-refractivity contribution is 7.19. The fraction of sp³-hybridized carbons (Fsp3) is 0.455. The Balaban J connectivity index is 1.94. The van der Waals surface area contributed by atoms with Gasteiger partial charge >= 0.3 is 0 Å². The molecule has 2 N–H and O–H groups in total. The SMILES string of the molecule is Cc1nc(N)sc1-c1csc(C2CCC2)n1. The molecule has 1 saturated carbocycles. The maximum atomic E-state index is 5.70. The Morgan fingerprint density at radius 2 is 2.19 bits per heavy atom. The highest BCUT2D eigenvalue weighted by Gasteiger charge is 2.23. The first-order chi connectivity index (χ1) is 7.74. The molecule has 0 amide bonds. The molecule has 3 rings (SSSR count). The van der Waals surface area contributed by atoms with Gasteiger partial charge in [-0.25, -0.2) is 9.97 Å².